The number of unbranched alkanes of at least 4 members (excludes halogenated alkanes) is 1. The van der Waals surface area contributed by atoms with Gasteiger partial charge in [0, 0.05) is 25.2 Å². The van der Waals surface area contributed by atoms with Crippen molar-refractivity contribution in [3.63, 3.8) is 0 Å². The second-order valence-electron chi connectivity index (χ2n) is 3.46. The van der Waals surface area contributed by atoms with Gasteiger partial charge in [-0.15, -0.1) is 0 Å². The Bertz CT molecular complexity index is 204. The third kappa shape index (κ3) is 2.36. The number of nitrogens with zero attached hydrogens (tertiary/aromatic N) is 2. The average molecular weight is 167 g/mol. The predicted molar refractivity (Wildman–Crippen MR) is 52.5 cm³/mol. The van der Waals surface area contributed by atoms with Gasteiger partial charge in [-0.1, -0.05) is 13.3 Å². The lowest BCUT2D eigenvalue weighted by molar-refractivity contribution is -0.543. The van der Waals surface area contributed by atoms with Gasteiger partial charge in [0.05, 0.1) is 0 Å². The number of hydrogen-bond acceptors (Lipinski definition) is 1. The van der Waals surface area contributed by atoms with Crippen LogP contribution in [-0.2, 0) is 0 Å². The molecule has 0 atom stereocenters. The fourth-order valence-corrected chi connectivity index (χ4v) is 1.28. The van der Waals surface area contributed by atoms with Crippen LogP contribution in [-0.4, -0.2) is 36.0 Å². The van der Waals surface area contributed by atoms with Crippen LogP contribution in [0, 0.1) is 0 Å². The van der Waals surface area contributed by atoms with Crippen LogP contribution in [0.15, 0.2) is 11.8 Å². The van der Waals surface area contributed by atoms with E-state index in [1.54, 1.807) is 0 Å². The zero-order chi connectivity index (χ0) is 8.97. The summed E-state index contributed by atoms with van der Waals surface area (Å²) in [5, 5.41) is 0. The van der Waals surface area contributed by atoms with E-state index in [0.717, 1.165) is 6.67 Å². The second kappa shape index (κ2) is 4.29. The minimum atomic E-state index is 1.04. The summed E-state index contributed by atoms with van der Waals surface area (Å²) in [7, 11) is 2.14. The van der Waals surface area contributed by atoms with Crippen molar-refractivity contribution in [2.24, 2.45) is 0 Å². The van der Waals surface area contributed by atoms with E-state index in [9.17, 15) is 0 Å². The molecule has 0 radical (unpaired) electrons. The molecule has 0 fully saturated rings. The van der Waals surface area contributed by atoms with E-state index in [2.05, 4.69) is 42.7 Å². The Labute approximate surface area is 75.2 Å². The van der Waals surface area contributed by atoms with Crippen LogP contribution in [0.1, 0.15) is 26.7 Å². The van der Waals surface area contributed by atoms with Crippen molar-refractivity contribution in [2.45, 2.75) is 26.7 Å². The van der Waals surface area contributed by atoms with Crippen LogP contribution in [0.4, 0.5) is 0 Å². The molecular weight excluding hydrogens is 148 g/mol. The molecule has 1 heterocycles. The van der Waals surface area contributed by atoms with Gasteiger partial charge in [-0.05, 0) is 6.92 Å². The minimum absolute atomic E-state index is 1.04. The van der Waals surface area contributed by atoms with E-state index >= 15 is 0 Å². The molecule has 0 amide bonds. The van der Waals surface area contributed by atoms with Crippen molar-refractivity contribution in [1.82, 2.24) is 4.90 Å². The van der Waals surface area contributed by atoms with Gasteiger partial charge in [0.25, 0.3) is 0 Å². The Morgan fingerprint density at radius 2 is 2.33 bits per heavy atom. The van der Waals surface area contributed by atoms with Crippen LogP contribution >= 0.6 is 0 Å². The molecule has 0 aliphatic carbocycles. The van der Waals surface area contributed by atoms with Crippen LogP contribution in [0.5, 0.6) is 0 Å². The minimum Gasteiger partial charge on any atom is -0.324 e. The quantitative estimate of drug-likeness (QED) is 0.580. The van der Waals surface area contributed by atoms with Crippen molar-refractivity contribution in [1.29, 1.82) is 0 Å². The molecule has 2 nitrogen and oxygen atoms in total. The molecule has 0 aromatic rings. The topological polar surface area (TPSA) is 6.25 Å². The maximum absolute atomic E-state index is 2.36. The first-order valence-electron chi connectivity index (χ1n) is 4.71. The second-order valence-corrected chi connectivity index (χ2v) is 3.46. The monoisotopic (exact) mass is 167 g/mol. The summed E-state index contributed by atoms with van der Waals surface area (Å²) in [5.41, 5.74) is 1.35. The largest absolute Gasteiger partial charge is 0.324 e. The molecule has 1 rings (SSSR count). The summed E-state index contributed by atoms with van der Waals surface area (Å²) in [5.74, 6) is 0. The number of allylic oxidation sites excluding steroid dienone is 2. The zero-order valence-corrected chi connectivity index (χ0v) is 8.38. The van der Waals surface area contributed by atoms with Gasteiger partial charge in [-0.25, -0.2) is 4.58 Å². The van der Waals surface area contributed by atoms with Gasteiger partial charge in [0.1, 0.15) is 6.54 Å². The first-order valence-corrected chi connectivity index (χ1v) is 4.71. The Hall–Kier alpha value is -0.790. The molecule has 1 aliphatic heterocycles. The number of hydrogen-bond donors (Lipinski definition) is 0. The van der Waals surface area contributed by atoms with Crippen molar-refractivity contribution < 1.29 is 4.58 Å². The van der Waals surface area contributed by atoms with E-state index < -0.39 is 0 Å². The highest BCUT2D eigenvalue weighted by atomic mass is 15.3. The van der Waals surface area contributed by atoms with Crippen LogP contribution < -0.4 is 0 Å². The Morgan fingerprint density at radius 1 is 1.58 bits per heavy atom. The normalized spacial score (nSPS) is 17.4. The molecule has 0 saturated heterocycles. The fourth-order valence-electron chi connectivity index (χ4n) is 1.28. The number of rotatable bonds is 3. The molecule has 0 N–H and O–H groups in total. The Morgan fingerprint density at radius 3 is 2.92 bits per heavy atom. The summed E-state index contributed by atoms with van der Waals surface area (Å²) in [4.78, 5) is 2.27. The van der Waals surface area contributed by atoms with Gasteiger partial charge in [-0.2, -0.15) is 0 Å². The Balaban J connectivity index is 2.46. The molecule has 0 saturated carbocycles. The maximum Gasteiger partial charge on any atom is 0.218 e. The van der Waals surface area contributed by atoms with E-state index in [0.29, 0.717) is 0 Å². The first kappa shape index (κ1) is 9.30. The van der Waals surface area contributed by atoms with Crippen LogP contribution in [0.2, 0.25) is 0 Å². The standard InChI is InChI=1S/C10H19N2/c1-4-5-7-12-8-6-10(2)11(3)9-12/h6,8H,4-5,7,9H2,1-3H3/q+1. The highest BCUT2D eigenvalue weighted by Gasteiger charge is 2.11. The summed E-state index contributed by atoms with van der Waals surface area (Å²) >= 11 is 0. The molecule has 12 heavy (non-hydrogen) atoms. The van der Waals surface area contributed by atoms with E-state index in [1.165, 1.54) is 25.1 Å². The highest BCUT2D eigenvalue weighted by molar-refractivity contribution is 5.67. The van der Waals surface area contributed by atoms with E-state index in [-0.39, 0.29) is 0 Å². The SMILES string of the molecule is CCCC[N+]1=CC=C(C)N(C)C1. The molecule has 1 aliphatic rings. The predicted octanol–water partition coefficient (Wildman–Crippen LogP) is 1.68. The van der Waals surface area contributed by atoms with Gasteiger partial charge < -0.3 is 4.90 Å². The zero-order valence-electron chi connectivity index (χ0n) is 8.38. The molecule has 2 heteroatoms. The summed E-state index contributed by atoms with van der Waals surface area (Å²) in [6.07, 6.45) is 6.94. The summed E-state index contributed by atoms with van der Waals surface area (Å²) in [6.45, 7) is 6.61. The lowest BCUT2D eigenvalue weighted by Gasteiger charge is -2.20. The smallest absolute Gasteiger partial charge is 0.218 e. The third-order valence-corrected chi connectivity index (χ3v) is 2.32. The molecule has 0 bridgehead atoms. The third-order valence-electron chi connectivity index (χ3n) is 2.32. The van der Waals surface area contributed by atoms with Crippen molar-refractivity contribution in [2.75, 3.05) is 20.3 Å². The van der Waals surface area contributed by atoms with Gasteiger partial charge >= 0.3 is 0 Å². The van der Waals surface area contributed by atoms with Crippen molar-refractivity contribution in [3.8, 4) is 0 Å². The first-order chi connectivity index (χ1) is 5.74. The average Bonchev–Trinajstić information content (AvgIpc) is 2.07. The molecule has 0 aromatic heterocycles. The fraction of sp³-hybridized carbons (Fsp3) is 0.700. The highest BCUT2D eigenvalue weighted by Crippen LogP contribution is 2.03. The lowest BCUT2D eigenvalue weighted by Crippen LogP contribution is -2.32. The molecule has 0 unspecified atom stereocenters. The van der Waals surface area contributed by atoms with Crippen molar-refractivity contribution in [3.05, 3.63) is 11.8 Å². The Kier molecular flexibility index (Phi) is 3.32. The summed E-state index contributed by atoms with van der Waals surface area (Å²) in [6, 6.07) is 0. The molecule has 0 aromatic carbocycles. The van der Waals surface area contributed by atoms with Gasteiger partial charge in [-0.3, -0.25) is 0 Å². The van der Waals surface area contributed by atoms with Gasteiger partial charge in [0.2, 0.25) is 6.67 Å². The van der Waals surface area contributed by atoms with Gasteiger partial charge in [0.15, 0.2) is 6.21 Å². The summed E-state index contributed by atoms with van der Waals surface area (Å²) < 4.78 is 2.36. The van der Waals surface area contributed by atoms with E-state index in [4.69, 9.17) is 0 Å². The molecule has 68 valence electrons. The molecule has 0 spiro atoms. The molecular formula is C10H19N2+. The lowest BCUT2D eigenvalue weighted by atomic mass is 10.3. The van der Waals surface area contributed by atoms with Crippen LogP contribution in [0.25, 0.3) is 0 Å². The van der Waals surface area contributed by atoms with Crippen molar-refractivity contribution >= 4 is 6.21 Å². The van der Waals surface area contributed by atoms with E-state index in [1.807, 2.05) is 0 Å². The van der Waals surface area contributed by atoms with Crippen LogP contribution in [0.3, 0.4) is 0 Å². The maximum atomic E-state index is 2.36.